The van der Waals surface area contributed by atoms with Crippen LogP contribution >= 0.6 is 31.9 Å². The van der Waals surface area contributed by atoms with Gasteiger partial charge in [0.25, 0.3) is 0 Å². The number of halogens is 2. The lowest BCUT2D eigenvalue weighted by atomic mass is 9.85. The van der Waals surface area contributed by atoms with E-state index in [1.54, 1.807) is 6.92 Å². The Hall–Kier alpha value is -0.360. The minimum atomic E-state index is -0.442. The second-order valence-corrected chi connectivity index (χ2v) is 6.80. The van der Waals surface area contributed by atoms with Crippen LogP contribution in [-0.4, -0.2) is 17.7 Å². The van der Waals surface area contributed by atoms with E-state index in [2.05, 4.69) is 37.0 Å². The minimum Gasteiger partial charge on any atom is -0.460 e. The SMILES string of the molecule is CCOC(=O)c1onc(C2(Br)CCCCC2)c1CBr. The van der Waals surface area contributed by atoms with E-state index >= 15 is 0 Å². The van der Waals surface area contributed by atoms with Crippen LogP contribution in [0.15, 0.2) is 4.52 Å². The molecule has 1 aromatic rings. The van der Waals surface area contributed by atoms with Crippen molar-refractivity contribution in [3.63, 3.8) is 0 Å². The molecule has 4 nitrogen and oxygen atoms in total. The van der Waals surface area contributed by atoms with Crippen LogP contribution in [0, 0.1) is 0 Å². The summed E-state index contributed by atoms with van der Waals surface area (Å²) < 4.78 is 10.1. The number of rotatable bonds is 4. The highest BCUT2D eigenvalue weighted by Gasteiger charge is 2.38. The first-order valence-corrected chi connectivity index (χ1v) is 8.45. The normalized spacial score (nSPS) is 18.3. The molecule has 0 N–H and O–H groups in total. The minimum absolute atomic E-state index is 0.164. The molecule has 1 aromatic heterocycles. The molecule has 0 spiro atoms. The van der Waals surface area contributed by atoms with Gasteiger partial charge in [-0.3, -0.25) is 0 Å². The van der Waals surface area contributed by atoms with Crippen LogP contribution in [0.3, 0.4) is 0 Å². The van der Waals surface area contributed by atoms with Crippen molar-refractivity contribution >= 4 is 37.8 Å². The molecule has 0 bridgehead atoms. The van der Waals surface area contributed by atoms with Crippen LogP contribution in [0.1, 0.15) is 60.8 Å². The molecule has 0 aliphatic heterocycles. The van der Waals surface area contributed by atoms with Gasteiger partial charge in [0.05, 0.1) is 10.9 Å². The van der Waals surface area contributed by atoms with Crippen molar-refractivity contribution in [2.45, 2.75) is 48.7 Å². The molecule has 1 saturated carbocycles. The van der Waals surface area contributed by atoms with E-state index in [4.69, 9.17) is 9.26 Å². The molecule has 0 atom stereocenters. The molecule has 0 aromatic carbocycles. The molecule has 6 heteroatoms. The summed E-state index contributed by atoms with van der Waals surface area (Å²) in [6, 6.07) is 0. The molecule has 1 heterocycles. The number of esters is 1. The maximum Gasteiger partial charge on any atom is 0.377 e. The van der Waals surface area contributed by atoms with Gasteiger partial charge in [-0.2, -0.15) is 0 Å². The van der Waals surface area contributed by atoms with Crippen molar-refractivity contribution in [1.82, 2.24) is 5.16 Å². The number of nitrogens with zero attached hydrogens (tertiary/aromatic N) is 1. The maximum absolute atomic E-state index is 11.8. The van der Waals surface area contributed by atoms with Crippen LogP contribution in [0.4, 0.5) is 0 Å². The Balaban J connectivity index is 2.33. The average molecular weight is 395 g/mol. The average Bonchev–Trinajstić information content (AvgIpc) is 2.84. The van der Waals surface area contributed by atoms with Gasteiger partial charge < -0.3 is 9.26 Å². The fourth-order valence-corrected chi connectivity index (χ4v) is 3.88. The Bertz CT molecular complexity index is 453. The summed E-state index contributed by atoms with van der Waals surface area (Å²) >= 11 is 7.22. The Kier molecular flexibility index (Phi) is 5.06. The first kappa shape index (κ1) is 15.0. The van der Waals surface area contributed by atoms with E-state index in [9.17, 15) is 4.79 Å². The second-order valence-electron chi connectivity index (χ2n) is 4.72. The van der Waals surface area contributed by atoms with E-state index in [1.165, 1.54) is 6.42 Å². The first-order chi connectivity index (χ1) is 9.12. The van der Waals surface area contributed by atoms with E-state index in [-0.39, 0.29) is 10.1 Å². The van der Waals surface area contributed by atoms with Crippen LogP contribution in [0.2, 0.25) is 0 Å². The molecule has 0 amide bonds. The zero-order chi connectivity index (χ0) is 13.9. The molecule has 0 radical (unpaired) electrons. The highest BCUT2D eigenvalue weighted by molar-refractivity contribution is 9.09. The van der Waals surface area contributed by atoms with Crippen molar-refractivity contribution in [3.05, 3.63) is 17.0 Å². The van der Waals surface area contributed by atoms with Gasteiger partial charge in [-0.05, 0) is 19.8 Å². The van der Waals surface area contributed by atoms with Crippen LogP contribution in [-0.2, 0) is 14.4 Å². The lowest BCUT2D eigenvalue weighted by Gasteiger charge is -2.30. The van der Waals surface area contributed by atoms with Crippen molar-refractivity contribution in [3.8, 4) is 0 Å². The van der Waals surface area contributed by atoms with Gasteiger partial charge in [-0.1, -0.05) is 56.3 Å². The fourth-order valence-electron chi connectivity index (χ4n) is 2.49. The lowest BCUT2D eigenvalue weighted by Crippen LogP contribution is -2.23. The molecular formula is C13H17Br2NO3. The highest BCUT2D eigenvalue weighted by Crippen LogP contribution is 2.46. The van der Waals surface area contributed by atoms with Crippen molar-refractivity contribution in [2.75, 3.05) is 6.61 Å². The Morgan fingerprint density at radius 1 is 1.42 bits per heavy atom. The first-order valence-electron chi connectivity index (χ1n) is 6.53. The van der Waals surface area contributed by atoms with Gasteiger partial charge in [-0.15, -0.1) is 0 Å². The largest absolute Gasteiger partial charge is 0.460 e. The molecule has 0 saturated heterocycles. The molecular weight excluding hydrogens is 378 g/mol. The quantitative estimate of drug-likeness (QED) is 0.564. The Morgan fingerprint density at radius 2 is 2.11 bits per heavy atom. The number of alkyl halides is 2. The number of hydrogen-bond acceptors (Lipinski definition) is 4. The third-order valence-electron chi connectivity index (χ3n) is 3.45. The maximum atomic E-state index is 11.8. The van der Waals surface area contributed by atoms with Gasteiger partial charge in [0.1, 0.15) is 5.69 Å². The molecule has 1 aliphatic carbocycles. The Labute approximate surface area is 129 Å². The van der Waals surface area contributed by atoms with Crippen molar-refractivity contribution in [2.24, 2.45) is 0 Å². The Morgan fingerprint density at radius 3 is 2.68 bits per heavy atom. The summed E-state index contributed by atoms with van der Waals surface area (Å²) in [5, 5.41) is 4.67. The summed E-state index contributed by atoms with van der Waals surface area (Å²) in [5.74, 6) is -0.222. The predicted octanol–water partition coefficient (Wildman–Crippen LogP) is 4.30. The highest BCUT2D eigenvalue weighted by atomic mass is 79.9. The topological polar surface area (TPSA) is 52.3 Å². The van der Waals surface area contributed by atoms with Gasteiger partial charge in [-0.25, -0.2) is 4.79 Å². The zero-order valence-corrected chi connectivity index (χ0v) is 14.0. The lowest BCUT2D eigenvalue weighted by molar-refractivity contribution is 0.0478. The molecule has 1 aliphatic rings. The van der Waals surface area contributed by atoms with Gasteiger partial charge in [0.2, 0.25) is 5.76 Å². The molecule has 19 heavy (non-hydrogen) atoms. The van der Waals surface area contributed by atoms with Crippen molar-refractivity contribution < 1.29 is 14.1 Å². The number of ether oxygens (including phenoxy) is 1. The summed E-state index contributed by atoms with van der Waals surface area (Å²) in [4.78, 5) is 11.8. The van der Waals surface area contributed by atoms with E-state index in [1.807, 2.05) is 0 Å². The van der Waals surface area contributed by atoms with Gasteiger partial charge >= 0.3 is 5.97 Å². The molecule has 1 fully saturated rings. The monoisotopic (exact) mass is 393 g/mol. The van der Waals surface area contributed by atoms with Crippen LogP contribution in [0.5, 0.6) is 0 Å². The summed E-state index contributed by atoms with van der Waals surface area (Å²) in [6.07, 6.45) is 5.60. The van der Waals surface area contributed by atoms with E-state index < -0.39 is 5.97 Å². The third kappa shape index (κ3) is 3.05. The summed E-state index contributed by atoms with van der Waals surface area (Å²) in [6.45, 7) is 2.10. The van der Waals surface area contributed by atoms with Gasteiger partial charge in [0.15, 0.2) is 0 Å². The smallest absolute Gasteiger partial charge is 0.377 e. The van der Waals surface area contributed by atoms with E-state index in [0.29, 0.717) is 11.9 Å². The van der Waals surface area contributed by atoms with Gasteiger partial charge in [0, 0.05) is 10.9 Å². The van der Waals surface area contributed by atoms with Crippen LogP contribution in [0.25, 0.3) is 0 Å². The number of carbonyl (C=O) groups excluding carboxylic acids is 1. The molecule has 0 unspecified atom stereocenters. The summed E-state index contributed by atoms with van der Waals surface area (Å²) in [5.41, 5.74) is 1.64. The standard InChI is InChI=1S/C13H17Br2NO3/c1-2-18-12(17)10-9(8-14)11(16-19-10)13(15)6-4-3-5-7-13/h2-8H2,1H3. The zero-order valence-electron chi connectivity index (χ0n) is 10.9. The predicted molar refractivity (Wildman–Crippen MR) is 78.8 cm³/mol. The number of carbonyl (C=O) groups is 1. The van der Waals surface area contributed by atoms with Crippen LogP contribution < -0.4 is 0 Å². The van der Waals surface area contributed by atoms with E-state index in [0.717, 1.165) is 36.9 Å². The third-order valence-corrected chi connectivity index (χ3v) is 5.18. The number of hydrogen-bond donors (Lipinski definition) is 0. The summed E-state index contributed by atoms with van der Waals surface area (Å²) in [7, 11) is 0. The number of aromatic nitrogens is 1. The van der Waals surface area contributed by atoms with Crippen molar-refractivity contribution in [1.29, 1.82) is 0 Å². The fraction of sp³-hybridized carbons (Fsp3) is 0.692. The second kappa shape index (κ2) is 6.39. The molecule has 106 valence electrons. The molecule has 2 rings (SSSR count).